The topological polar surface area (TPSA) is 72.1 Å². The fourth-order valence-electron chi connectivity index (χ4n) is 2.49. The van der Waals surface area contributed by atoms with Gasteiger partial charge in [-0.3, -0.25) is 4.68 Å². The van der Waals surface area contributed by atoms with Crippen LogP contribution in [0.2, 0.25) is 0 Å². The number of hydrogen-bond acceptors (Lipinski definition) is 3. The Morgan fingerprint density at radius 2 is 2.12 bits per heavy atom. The first kappa shape index (κ1) is 16.9. The van der Waals surface area contributed by atoms with Crippen LogP contribution < -0.4 is 10.6 Å². The van der Waals surface area contributed by atoms with E-state index in [1.54, 1.807) is 24.5 Å². The van der Waals surface area contributed by atoms with Gasteiger partial charge in [-0.05, 0) is 30.7 Å². The lowest BCUT2D eigenvalue weighted by atomic mass is 10.1. The molecule has 6 nitrogen and oxygen atoms in total. The highest BCUT2D eigenvalue weighted by Crippen LogP contribution is 2.34. The van der Waals surface area contributed by atoms with Gasteiger partial charge < -0.3 is 15.1 Å². The molecule has 0 saturated heterocycles. The van der Waals surface area contributed by atoms with E-state index in [1.807, 2.05) is 6.07 Å². The predicted molar refractivity (Wildman–Crippen MR) is 85.0 cm³/mol. The van der Waals surface area contributed by atoms with Crippen LogP contribution in [0.5, 0.6) is 0 Å². The summed E-state index contributed by atoms with van der Waals surface area (Å²) in [5.74, 6) is 0. The van der Waals surface area contributed by atoms with Crippen molar-refractivity contribution in [1.29, 1.82) is 0 Å². The van der Waals surface area contributed by atoms with E-state index in [0.717, 1.165) is 27.4 Å². The highest BCUT2D eigenvalue weighted by molar-refractivity contribution is 5.90. The summed E-state index contributed by atoms with van der Waals surface area (Å²) < 4.78 is 45.3. The average molecular weight is 352 g/mol. The minimum atomic E-state index is -4.61. The van der Waals surface area contributed by atoms with E-state index < -0.39 is 17.9 Å². The molecule has 0 aliphatic heterocycles. The van der Waals surface area contributed by atoms with Crippen molar-refractivity contribution < 1.29 is 22.4 Å². The lowest BCUT2D eigenvalue weighted by Gasteiger charge is -2.12. The van der Waals surface area contributed by atoms with Crippen molar-refractivity contribution >= 4 is 22.7 Å². The highest BCUT2D eigenvalue weighted by atomic mass is 19.4. The molecule has 25 heavy (non-hydrogen) atoms. The van der Waals surface area contributed by atoms with Crippen molar-refractivity contribution in [2.24, 2.45) is 0 Å². The van der Waals surface area contributed by atoms with Crippen molar-refractivity contribution in [2.45, 2.75) is 26.2 Å². The molecule has 0 aliphatic carbocycles. The zero-order chi connectivity index (χ0) is 18.0. The summed E-state index contributed by atoms with van der Waals surface area (Å²) in [7, 11) is 0. The van der Waals surface area contributed by atoms with E-state index in [2.05, 4.69) is 15.7 Å². The summed E-state index contributed by atoms with van der Waals surface area (Å²) in [4.78, 5) is 11.9. The van der Waals surface area contributed by atoms with Gasteiger partial charge in [0.25, 0.3) is 0 Å². The van der Waals surface area contributed by atoms with Crippen molar-refractivity contribution in [3.8, 4) is 0 Å². The standard InChI is InChI=1S/C16H15F3N4O2/c1-2-23-14(16(17,18)19)12(9-21-23)22-15(24)20-8-10-3-4-13-11(7-10)5-6-25-13/h3-7,9H,2,8H2,1H3,(H2,20,22,24). The Morgan fingerprint density at radius 1 is 1.32 bits per heavy atom. The lowest BCUT2D eigenvalue weighted by Crippen LogP contribution is -2.29. The van der Waals surface area contributed by atoms with Crippen molar-refractivity contribution in [3.05, 3.63) is 48.0 Å². The Bertz CT molecular complexity index is 898. The van der Waals surface area contributed by atoms with Crippen LogP contribution in [0.25, 0.3) is 11.0 Å². The number of nitrogens with one attached hydrogen (secondary N) is 2. The molecule has 132 valence electrons. The molecule has 3 rings (SSSR count). The Hall–Kier alpha value is -2.97. The molecule has 0 unspecified atom stereocenters. The number of benzene rings is 1. The molecule has 0 bridgehead atoms. The molecule has 0 fully saturated rings. The molecule has 0 radical (unpaired) electrons. The van der Waals surface area contributed by atoms with Gasteiger partial charge in [0.05, 0.1) is 18.1 Å². The number of rotatable bonds is 4. The first-order valence-electron chi connectivity index (χ1n) is 7.52. The Morgan fingerprint density at radius 3 is 2.84 bits per heavy atom. The van der Waals surface area contributed by atoms with Crippen LogP contribution in [0.1, 0.15) is 18.2 Å². The van der Waals surface area contributed by atoms with Crippen molar-refractivity contribution in [1.82, 2.24) is 15.1 Å². The summed E-state index contributed by atoms with van der Waals surface area (Å²) in [6.07, 6.45) is -2.07. The molecular weight excluding hydrogens is 337 g/mol. The number of carbonyl (C=O) groups is 1. The van der Waals surface area contributed by atoms with Gasteiger partial charge in [-0.2, -0.15) is 18.3 Å². The third-order valence-corrected chi connectivity index (χ3v) is 3.63. The van der Waals surface area contributed by atoms with Gasteiger partial charge in [0.15, 0.2) is 5.69 Å². The monoisotopic (exact) mass is 352 g/mol. The number of halogens is 3. The van der Waals surface area contributed by atoms with Crippen LogP contribution in [0.4, 0.5) is 23.7 Å². The van der Waals surface area contributed by atoms with E-state index in [4.69, 9.17) is 4.42 Å². The molecule has 0 aliphatic rings. The van der Waals surface area contributed by atoms with E-state index in [-0.39, 0.29) is 18.8 Å². The normalized spacial score (nSPS) is 11.7. The molecule has 3 aromatic rings. The SMILES string of the molecule is CCn1ncc(NC(=O)NCc2ccc3occc3c2)c1C(F)(F)F. The smallest absolute Gasteiger partial charge is 0.435 e. The molecule has 0 atom stereocenters. The summed E-state index contributed by atoms with van der Waals surface area (Å²) in [5, 5.41) is 9.25. The second-order valence-electron chi connectivity index (χ2n) is 5.32. The largest absolute Gasteiger partial charge is 0.464 e. The molecule has 2 heterocycles. The number of alkyl halides is 3. The third-order valence-electron chi connectivity index (χ3n) is 3.63. The molecule has 2 N–H and O–H groups in total. The number of anilines is 1. The van der Waals surface area contributed by atoms with Crippen molar-refractivity contribution in [3.63, 3.8) is 0 Å². The number of carbonyl (C=O) groups excluding carboxylic acids is 1. The van der Waals surface area contributed by atoms with E-state index in [9.17, 15) is 18.0 Å². The number of aryl methyl sites for hydroxylation is 1. The van der Waals surface area contributed by atoms with Gasteiger partial charge in [0.2, 0.25) is 0 Å². The molecule has 0 spiro atoms. The third kappa shape index (κ3) is 3.59. The maximum absolute atomic E-state index is 13.1. The lowest BCUT2D eigenvalue weighted by molar-refractivity contribution is -0.143. The molecule has 2 amide bonds. The van der Waals surface area contributed by atoms with Crippen LogP contribution >= 0.6 is 0 Å². The maximum Gasteiger partial charge on any atom is 0.435 e. The fraction of sp³-hybridized carbons (Fsp3) is 0.250. The Kier molecular flexibility index (Phi) is 4.39. The zero-order valence-corrected chi connectivity index (χ0v) is 13.2. The van der Waals surface area contributed by atoms with Gasteiger partial charge in [-0.25, -0.2) is 4.79 Å². The van der Waals surface area contributed by atoms with Gasteiger partial charge in [0, 0.05) is 18.5 Å². The average Bonchev–Trinajstić information content (AvgIpc) is 3.18. The Labute approximate surface area is 140 Å². The summed E-state index contributed by atoms with van der Waals surface area (Å²) in [6, 6.07) is 6.40. The molecule has 2 aromatic heterocycles. The van der Waals surface area contributed by atoms with E-state index >= 15 is 0 Å². The van der Waals surface area contributed by atoms with Crippen LogP contribution in [0.15, 0.2) is 41.1 Å². The van der Waals surface area contributed by atoms with Gasteiger partial charge in [-0.1, -0.05) is 6.07 Å². The molecule has 0 saturated carbocycles. The number of nitrogens with zero attached hydrogens (tertiary/aromatic N) is 2. The van der Waals surface area contributed by atoms with Gasteiger partial charge >= 0.3 is 12.2 Å². The van der Waals surface area contributed by atoms with Crippen LogP contribution in [0.3, 0.4) is 0 Å². The van der Waals surface area contributed by atoms with Crippen LogP contribution in [-0.2, 0) is 19.3 Å². The van der Waals surface area contributed by atoms with Crippen LogP contribution in [0, 0.1) is 0 Å². The number of furan rings is 1. The molecule has 9 heteroatoms. The predicted octanol–water partition coefficient (Wildman–Crippen LogP) is 3.99. The number of urea groups is 1. The van der Waals surface area contributed by atoms with E-state index in [1.165, 1.54) is 6.92 Å². The molecular formula is C16H15F3N4O2. The fourth-order valence-corrected chi connectivity index (χ4v) is 2.49. The maximum atomic E-state index is 13.1. The Balaban J connectivity index is 1.67. The number of amides is 2. The minimum Gasteiger partial charge on any atom is -0.464 e. The van der Waals surface area contributed by atoms with Gasteiger partial charge in [0.1, 0.15) is 5.58 Å². The first-order valence-corrected chi connectivity index (χ1v) is 7.52. The quantitative estimate of drug-likeness (QED) is 0.746. The summed E-state index contributed by atoms with van der Waals surface area (Å²) >= 11 is 0. The van der Waals surface area contributed by atoms with Crippen LogP contribution in [-0.4, -0.2) is 15.8 Å². The zero-order valence-electron chi connectivity index (χ0n) is 13.2. The highest BCUT2D eigenvalue weighted by Gasteiger charge is 2.38. The molecule has 1 aromatic carbocycles. The minimum absolute atomic E-state index is 0.0445. The number of fused-ring (bicyclic) bond motifs is 1. The number of aromatic nitrogens is 2. The van der Waals surface area contributed by atoms with Gasteiger partial charge in [-0.15, -0.1) is 0 Å². The van der Waals surface area contributed by atoms with Crippen molar-refractivity contribution in [2.75, 3.05) is 5.32 Å². The summed E-state index contributed by atoms with van der Waals surface area (Å²) in [5.41, 5.74) is 0.154. The number of hydrogen-bond donors (Lipinski definition) is 2. The second kappa shape index (κ2) is 6.50. The van der Waals surface area contributed by atoms with E-state index in [0.29, 0.717) is 0 Å². The first-order chi connectivity index (χ1) is 11.9. The summed E-state index contributed by atoms with van der Waals surface area (Å²) in [6.45, 7) is 1.75. The second-order valence-corrected chi connectivity index (χ2v) is 5.32.